The van der Waals surface area contributed by atoms with Gasteiger partial charge in [0.25, 0.3) is 0 Å². The molecule has 0 aliphatic rings. The van der Waals surface area contributed by atoms with E-state index in [4.69, 9.17) is 17.3 Å². The fraction of sp³-hybridized carbons (Fsp3) is 0.133. The Balaban J connectivity index is 2.04. The molecule has 2 rings (SSSR count). The minimum Gasteiger partial charge on any atom is -0.398 e. The molecule has 2 N–H and O–H groups in total. The van der Waals surface area contributed by atoms with Crippen molar-refractivity contribution in [2.75, 3.05) is 5.73 Å². The second kappa shape index (κ2) is 5.69. The number of Topliss-reactive ketones (excluding diaryl/α,β-unsaturated/α-hetero) is 1. The SMILES string of the molecule is Nc1cc(Cl)ccc1C(=O)CCc1ccccc1. The number of nitrogens with two attached hydrogens (primary N) is 1. The van der Waals surface area contributed by atoms with Crippen LogP contribution in [0.15, 0.2) is 48.5 Å². The third-order valence-corrected chi connectivity index (χ3v) is 3.03. The Hall–Kier alpha value is -1.80. The molecule has 0 aliphatic heterocycles. The lowest BCUT2D eigenvalue weighted by molar-refractivity contribution is 0.0983. The van der Waals surface area contributed by atoms with E-state index in [0.29, 0.717) is 22.7 Å². The smallest absolute Gasteiger partial charge is 0.165 e. The highest BCUT2D eigenvalue weighted by molar-refractivity contribution is 6.31. The molecule has 0 amide bonds. The Morgan fingerprint density at radius 2 is 1.83 bits per heavy atom. The molecule has 0 atom stereocenters. The molecular weight excluding hydrogens is 246 g/mol. The van der Waals surface area contributed by atoms with Crippen LogP contribution in [0.2, 0.25) is 5.02 Å². The highest BCUT2D eigenvalue weighted by atomic mass is 35.5. The summed E-state index contributed by atoms with van der Waals surface area (Å²) in [5.41, 5.74) is 7.93. The van der Waals surface area contributed by atoms with E-state index in [1.54, 1.807) is 18.2 Å². The maximum atomic E-state index is 12.0. The molecule has 0 spiro atoms. The van der Waals surface area contributed by atoms with Gasteiger partial charge in [0.2, 0.25) is 0 Å². The van der Waals surface area contributed by atoms with Gasteiger partial charge in [0.15, 0.2) is 5.78 Å². The van der Waals surface area contributed by atoms with Crippen LogP contribution in [-0.2, 0) is 6.42 Å². The molecular formula is C15H14ClNO. The summed E-state index contributed by atoms with van der Waals surface area (Å²) in [4.78, 5) is 12.0. The van der Waals surface area contributed by atoms with E-state index in [2.05, 4.69) is 0 Å². The molecule has 18 heavy (non-hydrogen) atoms. The van der Waals surface area contributed by atoms with Crippen molar-refractivity contribution in [2.24, 2.45) is 0 Å². The van der Waals surface area contributed by atoms with Crippen molar-refractivity contribution in [3.8, 4) is 0 Å². The average molecular weight is 260 g/mol. The minimum absolute atomic E-state index is 0.0491. The highest BCUT2D eigenvalue weighted by Crippen LogP contribution is 2.20. The van der Waals surface area contributed by atoms with Gasteiger partial charge in [-0.2, -0.15) is 0 Å². The zero-order valence-electron chi connectivity index (χ0n) is 9.90. The summed E-state index contributed by atoms with van der Waals surface area (Å²) in [6.07, 6.45) is 1.18. The largest absolute Gasteiger partial charge is 0.398 e. The standard InChI is InChI=1S/C15H14ClNO/c16-12-7-8-13(14(17)10-12)15(18)9-6-11-4-2-1-3-5-11/h1-5,7-8,10H,6,9,17H2. The number of nitrogen functional groups attached to an aromatic ring is 1. The van der Waals surface area contributed by atoms with Crippen molar-refractivity contribution in [3.05, 3.63) is 64.7 Å². The van der Waals surface area contributed by atoms with E-state index in [9.17, 15) is 4.79 Å². The summed E-state index contributed by atoms with van der Waals surface area (Å²) in [5.74, 6) is 0.0491. The zero-order valence-corrected chi connectivity index (χ0v) is 10.7. The molecule has 2 aromatic carbocycles. The van der Waals surface area contributed by atoms with E-state index < -0.39 is 0 Å². The molecule has 0 unspecified atom stereocenters. The van der Waals surface area contributed by atoms with Crippen molar-refractivity contribution < 1.29 is 4.79 Å². The molecule has 2 aromatic rings. The van der Waals surface area contributed by atoms with Gasteiger partial charge in [-0.15, -0.1) is 0 Å². The number of carbonyl (C=O) groups excluding carboxylic acids is 1. The maximum Gasteiger partial charge on any atom is 0.165 e. The summed E-state index contributed by atoms with van der Waals surface area (Å²) >= 11 is 5.80. The first kappa shape index (κ1) is 12.7. The van der Waals surface area contributed by atoms with Gasteiger partial charge in [0.05, 0.1) is 0 Å². The van der Waals surface area contributed by atoms with Crippen LogP contribution >= 0.6 is 11.6 Å². The Bertz CT molecular complexity index is 552. The van der Waals surface area contributed by atoms with Gasteiger partial charge < -0.3 is 5.73 Å². The molecule has 92 valence electrons. The average Bonchev–Trinajstić information content (AvgIpc) is 2.37. The summed E-state index contributed by atoms with van der Waals surface area (Å²) in [6, 6.07) is 14.9. The zero-order chi connectivity index (χ0) is 13.0. The maximum absolute atomic E-state index is 12.0. The Labute approximate surface area is 111 Å². The number of halogens is 1. The van der Waals surface area contributed by atoms with Gasteiger partial charge >= 0.3 is 0 Å². The molecule has 0 aliphatic carbocycles. The molecule has 0 saturated carbocycles. The van der Waals surface area contributed by atoms with Crippen LogP contribution in [0.3, 0.4) is 0 Å². The van der Waals surface area contributed by atoms with Crippen LogP contribution in [0.5, 0.6) is 0 Å². The predicted molar refractivity (Wildman–Crippen MR) is 75.0 cm³/mol. The van der Waals surface area contributed by atoms with E-state index >= 15 is 0 Å². The van der Waals surface area contributed by atoms with Crippen molar-refractivity contribution in [1.29, 1.82) is 0 Å². The number of aryl methyl sites for hydroxylation is 1. The van der Waals surface area contributed by atoms with E-state index in [1.165, 1.54) is 0 Å². The highest BCUT2D eigenvalue weighted by Gasteiger charge is 2.09. The first-order valence-electron chi connectivity index (χ1n) is 5.79. The molecule has 0 aromatic heterocycles. The van der Waals surface area contributed by atoms with Crippen LogP contribution in [0.4, 0.5) is 5.69 Å². The Morgan fingerprint density at radius 1 is 1.11 bits per heavy atom. The normalized spacial score (nSPS) is 10.3. The van der Waals surface area contributed by atoms with E-state index in [0.717, 1.165) is 12.0 Å². The van der Waals surface area contributed by atoms with Crippen molar-refractivity contribution in [1.82, 2.24) is 0 Å². The van der Waals surface area contributed by atoms with Crippen LogP contribution in [0, 0.1) is 0 Å². The molecule has 0 radical (unpaired) electrons. The van der Waals surface area contributed by atoms with Gasteiger partial charge in [-0.1, -0.05) is 41.9 Å². The Kier molecular flexibility index (Phi) is 4.00. The van der Waals surface area contributed by atoms with E-state index in [1.807, 2.05) is 30.3 Å². The third-order valence-electron chi connectivity index (χ3n) is 2.80. The monoisotopic (exact) mass is 259 g/mol. The quantitative estimate of drug-likeness (QED) is 0.671. The summed E-state index contributed by atoms with van der Waals surface area (Å²) in [7, 11) is 0. The second-order valence-corrected chi connectivity index (χ2v) is 4.58. The number of rotatable bonds is 4. The summed E-state index contributed by atoms with van der Waals surface area (Å²) in [5, 5.41) is 0.548. The number of carbonyl (C=O) groups is 1. The van der Waals surface area contributed by atoms with Gasteiger partial charge in [-0.05, 0) is 30.2 Å². The Morgan fingerprint density at radius 3 is 2.50 bits per heavy atom. The lowest BCUT2D eigenvalue weighted by Crippen LogP contribution is -2.05. The summed E-state index contributed by atoms with van der Waals surface area (Å²) < 4.78 is 0. The van der Waals surface area contributed by atoms with Gasteiger partial charge in [0.1, 0.15) is 0 Å². The molecule has 0 bridgehead atoms. The third kappa shape index (κ3) is 3.11. The lowest BCUT2D eigenvalue weighted by atomic mass is 10.0. The van der Waals surface area contributed by atoms with Crippen LogP contribution in [-0.4, -0.2) is 5.78 Å². The minimum atomic E-state index is 0.0491. The van der Waals surface area contributed by atoms with Crippen LogP contribution in [0.1, 0.15) is 22.3 Å². The first-order chi connectivity index (χ1) is 8.66. The van der Waals surface area contributed by atoms with Gasteiger partial charge in [-0.25, -0.2) is 0 Å². The number of benzene rings is 2. The van der Waals surface area contributed by atoms with Gasteiger partial charge in [0, 0.05) is 22.7 Å². The molecule has 3 heteroatoms. The van der Waals surface area contributed by atoms with Crippen LogP contribution in [0.25, 0.3) is 0 Å². The number of hydrogen-bond donors (Lipinski definition) is 1. The number of ketones is 1. The number of hydrogen-bond acceptors (Lipinski definition) is 2. The molecule has 2 nitrogen and oxygen atoms in total. The summed E-state index contributed by atoms with van der Waals surface area (Å²) in [6.45, 7) is 0. The fourth-order valence-corrected chi connectivity index (χ4v) is 2.01. The predicted octanol–water partition coefficient (Wildman–Crippen LogP) is 3.74. The second-order valence-electron chi connectivity index (χ2n) is 4.14. The fourth-order valence-electron chi connectivity index (χ4n) is 1.82. The van der Waals surface area contributed by atoms with Crippen molar-refractivity contribution in [2.45, 2.75) is 12.8 Å². The topological polar surface area (TPSA) is 43.1 Å². The number of anilines is 1. The molecule has 0 heterocycles. The van der Waals surface area contributed by atoms with Crippen molar-refractivity contribution >= 4 is 23.1 Å². The molecule has 0 fully saturated rings. The van der Waals surface area contributed by atoms with E-state index in [-0.39, 0.29) is 5.78 Å². The first-order valence-corrected chi connectivity index (χ1v) is 6.17. The lowest BCUT2D eigenvalue weighted by Gasteiger charge is -2.05. The van der Waals surface area contributed by atoms with Crippen molar-refractivity contribution in [3.63, 3.8) is 0 Å². The molecule has 0 saturated heterocycles. The van der Waals surface area contributed by atoms with Crippen LogP contribution < -0.4 is 5.73 Å². The van der Waals surface area contributed by atoms with Gasteiger partial charge in [-0.3, -0.25) is 4.79 Å².